The van der Waals surface area contributed by atoms with Crippen molar-refractivity contribution in [1.82, 2.24) is 19.6 Å². The normalized spacial score (nSPS) is 12.7. The summed E-state index contributed by atoms with van der Waals surface area (Å²) in [6.07, 6.45) is 1.73. The van der Waals surface area contributed by atoms with E-state index >= 15 is 0 Å². The van der Waals surface area contributed by atoms with Crippen molar-refractivity contribution in [2.75, 3.05) is 5.32 Å². The first kappa shape index (κ1) is 9.14. The van der Waals surface area contributed by atoms with Crippen LogP contribution < -0.4 is 5.32 Å². The van der Waals surface area contributed by atoms with Crippen molar-refractivity contribution in [3.05, 3.63) is 23.8 Å². The van der Waals surface area contributed by atoms with Crippen LogP contribution in [-0.2, 0) is 0 Å². The first-order valence-electron chi connectivity index (χ1n) is 4.32. The summed E-state index contributed by atoms with van der Waals surface area (Å²) < 4.78 is 4.09. The molecule has 0 saturated carbocycles. The molecular weight excluding hydrogens is 198 g/mol. The van der Waals surface area contributed by atoms with Crippen LogP contribution in [0.2, 0.25) is 0 Å². The van der Waals surface area contributed by atoms with Crippen molar-refractivity contribution >= 4 is 16.7 Å². The number of nitrogens with zero attached hydrogens (tertiary/aromatic N) is 3. The molecule has 0 saturated heterocycles. The highest BCUT2D eigenvalue weighted by Gasteiger charge is 2.08. The zero-order chi connectivity index (χ0) is 9.97. The Hall–Kier alpha value is -1.43. The molecular formula is C8H11N5S. The molecule has 2 N–H and O–H groups in total. The van der Waals surface area contributed by atoms with Crippen LogP contribution in [0.3, 0.4) is 0 Å². The van der Waals surface area contributed by atoms with Crippen LogP contribution in [0.5, 0.6) is 0 Å². The van der Waals surface area contributed by atoms with Gasteiger partial charge in [-0.1, -0.05) is 0 Å². The van der Waals surface area contributed by atoms with Crippen molar-refractivity contribution in [1.29, 1.82) is 0 Å². The van der Waals surface area contributed by atoms with Gasteiger partial charge in [0, 0.05) is 17.7 Å². The Bertz CT molecular complexity index is 394. The van der Waals surface area contributed by atoms with E-state index in [1.54, 1.807) is 6.20 Å². The molecule has 0 aliphatic carbocycles. The number of H-pyrrole nitrogens is 1. The van der Waals surface area contributed by atoms with E-state index < -0.39 is 0 Å². The summed E-state index contributed by atoms with van der Waals surface area (Å²) >= 11 is 1.37. The smallest absolute Gasteiger partial charge is 0.203 e. The monoisotopic (exact) mass is 209 g/mol. The number of aromatic amines is 1. The maximum atomic E-state index is 4.22. The number of hydrogen-bond donors (Lipinski definition) is 2. The summed E-state index contributed by atoms with van der Waals surface area (Å²) in [5.74, 6) is 0.800. The molecule has 1 atom stereocenters. The highest BCUT2D eigenvalue weighted by molar-refractivity contribution is 7.09. The van der Waals surface area contributed by atoms with Gasteiger partial charge in [0.25, 0.3) is 0 Å². The van der Waals surface area contributed by atoms with E-state index in [1.807, 2.05) is 19.9 Å². The molecule has 0 fully saturated rings. The second-order valence-corrected chi connectivity index (χ2v) is 3.78. The van der Waals surface area contributed by atoms with Crippen LogP contribution in [-0.4, -0.2) is 19.6 Å². The second kappa shape index (κ2) is 3.75. The fraction of sp³-hybridized carbons (Fsp3) is 0.375. The first-order chi connectivity index (χ1) is 6.75. The number of rotatable bonds is 3. The van der Waals surface area contributed by atoms with E-state index in [4.69, 9.17) is 0 Å². The van der Waals surface area contributed by atoms with Crippen molar-refractivity contribution in [2.24, 2.45) is 0 Å². The predicted molar refractivity (Wildman–Crippen MR) is 55.3 cm³/mol. The van der Waals surface area contributed by atoms with Gasteiger partial charge in [0.15, 0.2) is 0 Å². The zero-order valence-electron chi connectivity index (χ0n) is 7.98. The lowest BCUT2D eigenvalue weighted by Gasteiger charge is -2.09. The van der Waals surface area contributed by atoms with Gasteiger partial charge in [-0.3, -0.25) is 5.10 Å². The van der Waals surface area contributed by atoms with E-state index in [9.17, 15) is 0 Å². The molecule has 0 amide bonds. The van der Waals surface area contributed by atoms with Crippen LogP contribution >= 0.6 is 11.5 Å². The predicted octanol–water partition coefficient (Wildman–Crippen LogP) is 1.74. The number of aromatic nitrogens is 4. The molecule has 2 rings (SSSR count). The van der Waals surface area contributed by atoms with Crippen molar-refractivity contribution < 1.29 is 0 Å². The third-order valence-corrected chi connectivity index (χ3v) is 2.59. The molecule has 2 aromatic rings. The van der Waals surface area contributed by atoms with Crippen LogP contribution in [0.4, 0.5) is 5.13 Å². The van der Waals surface area contributed by atoms with Gasteiger partial charge in [-0.2, -0.15) is 9.47 Å². The van der Waals surface area contributed by atoms with Crippen molar-refractivity contribution in [3.63, 3.8) is 0 Å². The highest BCUT2D eigenvalue weighted by Crippen LogP contribution is 2.18. The number of aryl methyl sites for hydroxylation is 1. The first-order valence-corrected chi connectivity index (χ1v) is 5.09. The lowest BCUT2D eigenvalue weighted by Crippen LogP contribution is -2.06. The van der Waals surface area contributed by atoms with Crippen molar-refractivity contribution in [3.8, 4) is 0 Å². The van der Waals surface area contributed by atoms with E-state index in [0.29, 0.717) is 0 Å². The average molecular weight is 209 g/mol. The van der Waals surface area contributed by atoms with E-state index in [2.05, 4.69) is 24.9 Å². The average Bonchev–Trinajstić information content (AvgIpc) is 2.75. The number of anilines is 1. The van der Waals surface area contributed by atoms with Crippen LogP contribution in [0, 0.1) is 6.92 Å². The lowest BCUT2D eigenvalue weighted by molar-refractivity contribution is 0.823. The lowest BCUT2D eigenvalue weighted by atomic mass is 10.2. The van der Waals surface area contributed by atoms with Gasteiger partial charge in [0.1, 0.15) is 5.82 Å². The maximum Gasteiger partial charge on any atom is 0.203 e. The Kier molecular flexibility index (Phi) is 2.45. The maximum absolute atomic E-state index is 4.22. The van der Waals surface area contributed by atoms with Crippen LogP contribution in [0.15, 0.2) is 12.3 Å². The molecule has 0 unspecified atom stereocenters. The molecule has 2 aromatic heterocycles. The number of hydrogen-bond acceptors (Lipinski definition) is 5. The Morgan fingerprint density at radius 1 is 1.57 bits per heavy atom. The van der Waals surface area contributed by atoms with Gasteiger partial charge in [0.2, 0.25) is 5.13 Å². The minimum absolute atomic E-state index is 0.171. The van der Waals surface area contributed by atoms with Gasteiger partial charge < -0.3 is 5.32 Å². The molecule has 5 nitrogen and oxygen atoms in total. The Morgan fingerprint density at radius 3 is 3.00 bits per heavy atom. The summed E-state index contributed by atoms with van der Waals surface area (Å²) in [4.78, 5) is 4.22. The summed E-state index contributed by atoms with van der Waals surface area (Å²) in [6, 6.07) is 2.11. The standard InChI is InChI=1S/C8H11N5S/c1-5(7-3-4-9-12-7)10-8-11-6(2)13-14-8/h3-5H,1-2H3,(H,9,12)(H,10,11,13)/t5-/m1/s1. The molecule has 0 bridgehead atoms. The van der Waals surface area contributed by atoms with E-state index in [0.717, 1.165) is 16.6 Å². The molecule has 74 valence electrons. The molecule has 2 heterocycles. The van der Waals surface area contributed by atoms with Gasteiger partial charge in [0.05, 0.1) is 11.7 Å². The Morgan fingerprint density at radius 2 is 2.43 bits per heavy atom. The fourth-order valence-corrected chi connectivity index (χ4v) is 1.79. The van der Waals surface area contributed by atoms with E-state index in [-0.39, 0.29) is 6.04 Å². The SMILES string of the molecule is Cc1nsc(N[C@H](C)c2ccn[nH]2)n1. The zero-order valence-corrected chi connectivity index (χ0v) is 8.80. The fourth-order valence-electron chi connectivity index (χ4n) is 1.13. The minimum Gasteiger partial charge on any atom is -0.352 e. The summed E-state index contributed by atoms with van der Waals surface area (Å²) in [7, 11) is 0. The van der Waals surface area contributed by atoms with Gasteiger partial charge >= 0.3 is 0 Å². The molecule has 0 radical (unpaired) electrons. The molecule has 0 aromatic carbocycles. The van der Waals surface area contributed by atoms with Gasteiger partial charge in [-0.15, -0.1) is 0 Å². The van der Waals surface area contributed by atoms with E-state index in [1.165, 1.54) is 11.5 Å². The Labute approximate surface area is 85.8 Å². The number of nitrogens with one attached hydrogen (secondary N) is 2. The second-order valence-electron chi connectivity index (χ2n) is 3.02. The third-order valence-electron chi connectivity index (χ3n) is 1.86. The van der Waals surface area contributed by atoms with Crippen LogP contribution in [0.25, 0.3) is 0 Å². The largest absolute Gasteiger partial charge is 0.352 e. The minimum atomic E-state index is 0.171. The molecule has 0 spiro atoms. The summed E-state index contributed by atoms with van der Waals surface area (Å²) in [5, 5.41) is 10.9. The highest BCUT2D eigenvalue weighted by atomic mass is 32.1. The quantitative estimate of drug-likeness (QED) is 0.808. The van der Waals surface area contributed by atoms with Crippen molar-refractivity contribution in [2.45, 2.75) is 19.9 Å². The molecule has 6 heteroatoms. The van der Waals surface area contributed by atoms with Gasteiger partial charge in [-0.05, 0) is 19.9 Å². The topological polar surface area (TPSA) is 66.5 Å². The van der Waals surface area contributed by atoms with Crippen LogP contribution in [0.1, 0.15) is 24.5 Å². The summed E-state index contributed by atoms with van der Waals surface area (Å²) in [6.45, 7) is 3.92. The summed E-state index contributed by atoms with van der Waals surface area (Å²) in [5.41, 5.74) is 1.04. The Balaban J connectivity index is 2.05. The molecule has 14 heavy (non-hydrogen) atoms. The molecule has 0 aliphatic heterocycles. The molecule has 0 aliphatic rings. The van der Waals surface area contributed by atoms with Gasteiger partial charge in [-0.25, -0.2) is 4.98 Å². The third kappa shape index (κ3) is 1.90.